The number of carbonyl (C=O) groups is 3. The van der Waals surface area contributed by atoms with Crippen LogP contribution < -0.4 is 0 Å². The van der Waals surface area contributed by atoms with E-state index in [1.807, 2.05) is 6.07 Å². The number of hydrogen-bond donors (Lipinski definition) is 0. The van der Waals surface area contributed by atoms with Crippen molar-refractivity contribution < 1.29 is 18.8 Å². The molecule has 3 aliphatic rings. The zero-order valence-electron chi connectivity index (χ0n) is 16.0. The van der Waals surface area contributed by atoms with Gasteiger partial charge in [-0.3, -0.25) is 24.2 Å². The Morgan fingerprint density at radius 1 is 0.964 bits per heavy atom. The number of fused-ring (bicyclic) bond motifs is 1. The minimum absolute atomic E-state index is 0.141. The minimum atomic E-state index is -0.216. The highest BCUT2D eigenvalue weighted by molar-refractivity contribution is 6.07. The van der Waals surface area contributed by atoms with Crippen LogP contribution in [0.5, 0.6) is 0 Å². The van der Waals surface area contributed by atoms with Crippen molar-refractivity contribution in [2.45, 2.75) is 32.2 Å². The van der Waals surface area contributed by atoms with Gasteiger partial charge in [0.25, 0.3) is 0 Å². The molecule has 0 N–H and O–H groups in total. The Balaban J connectivity index is 1.30. The number of likely N-dealkylation sites (tertiary alicyclic amines) is 1. The summed E-state index contributed by atoms with van der Waals surface area (Å²) in [6.45, 7) is 2.71. The maximum atomic E-state index is 13.8. The van der Waals surface area contributed by atoms with E-state index in [0.29, 0.717) is 38.3 Å². The summed E-state index contributed by atoms with van der Waals surface area (Å²) in [5.41, 5.74) is 0.651. The van der Waals surface area contributed by atoms with Gasteiger partial charge in [0.05, 0.1) is 11.8 Å². The standard InChI is InChI=1S/C21H26FN3O3/c22-18-8-4-1-5-15(18)13-23-9-11-24(12-10-23)19(26)14-25-20(27)16-6-2-3-7-17(16)21(25)28/h1,4-5,8,16-17H,2-3,6-7,9-14H2. The van der Waals surface area contributed by atoms with Crippen molar-refractivity contribution in [3.05, 3.63) is 35.6 Å². The summed E-state index contributed by atoms with van der Waals surface area (Å²) in [7, 11) is 0. The van der Waals surface area contributed by atoms with Crippen LogP contribution in [0.3, 0.4) is 0 Å². The number of rotatable bonds is 4. The molecule has 0 radical (unpaired) electrons. The minimum Gasteiger partial charge on any atom is -0.339 e. The molecule has 28 heavy (non-hydrogen) atoms. The van der Waals surface area contributed by atoms with Crippen molar-refractivity contribution in [2.75, 3.05) is 32.7 Å². The Hall–Kier alpha value is -2.28. The summed E-state index contributed by atoms with van der Waals surface area (Å²) in [5, 5.41) is 0. The lowest BCUT2D eigenvalue weighted by Gasteiger charge is -2.35. The van der Waals surface area contributed by atoms with E-state index in [1.165, 1.54) is 11.0 Å². The molecule has 7 heteroatoms. The molecular formula is C21H26FN3O3. The first kappa shape index (κ1) is 19.1. The number of piperazine rings is 1. The van der Waals surface area contributed by atoms with Crippen molar-refractivity contribution in [1.82, 2.24) is 14.7 Å². The second-order valence-electron chi connectivity index (χ2n) is 8.01. The lowest BCUT2D eigenvalue weighted by Crippen LogP contribution is -2.51. The molecule has 6 nitrogen and oxygen atoms in total. The van der Waals surface area contributed by atoms with Crippen LogP contribution >= 0.6 is 0 Å². The quantitative estimate of drug-likeness (QED) is 0.737. The number of nitrogens with zero attached hydrogens (tertiary/aromatic N) is 3. The highest BCUT2D eigenvalue weighted by Crippen LogP contribution is 2.37. The Morgan fingerprint density at radius 3 is 2.18 bits per heavy atom. The molecule has 3 fully saturated rings. The Morgan fingerprint density at radius 2 is 1.57 bits per heavy atom. The monoisotopic (exact) mass is 387 g/mol. The van der Waals surface area contributed by atoms with Crippen LogP contribution in [-0.4, -0.2) is 65.1 Å². The number of hydrogen-bond acceptors (Lipinski definition) is 4. The first-order valence-electron chi connectivity index (χ1n) is 10.1. The van der Waals surface area contributed by atoms with Gasteiger partial charge < -0.3 is 4.90 Å². The van der Waals surface area contributed by atoms with Gasteiger partial charge in [-0.2, -0.15) is 0 Å². The average Bonchev–Trinajstić information content (AvgIpc) is 2.95. The van der Waals surface area contributed by atoms with Crippen LogP contribution in [0.15, 0.2) is 24.3 Å². The zero-order valence-corrected chi connectivity index (χ0v) is 16.0. The number of halogens is 1. The second-order valence-corrected chi connectivity index (χ2v) is 8.01. The fraction of sp³-hybridized carbons (Fsp3) is 0.571. The van der Waals surface area contributed by atoms with Crippen LogP contribution in [-0.2, 0) is 20.9 Å². The summed E-state index contributed by atoms with van der Waals surface area (Å²) in [4.78, 5) is 42.8. The first-order chi connectivity index (χ1) is 13.5. The summed E-state index contributed by atoms with van der Waals surface area (Å²) in [5.74, 6) is -1.15. The Bertz CT molecular complexity index is 752. The molecule has 2 unspecified atom stereocenters. The van der Waals surface area contributed by atoms with Gasteiger partial charge in [0.1, 0.15) is 12.4 Å². The van der Waals surface area contributed by atoms with E-state index in [2.05, 4.69) is 4.90 Å². The fourth-order valence-electron chi connectivity index (χ4n) is 4.64. The molecule has 2 saturated heterocycles. The molecular weight excluding hydrogens is 361 g/mol. The van der Waals surface area contributed by atoms with Gasteiger partial charge in [0.15, 0.2) is 0 Å². The summed E-state index contributed by atoms with van der Waals surface area (Å²) < 4.78 is 13.8. The van der Waals surface area contributed by atoms with Gasteiger partial charge in [-0.1, -0.05) is 31.0 Å². The highest BCUT2D eigenvalue weighted by Gasteiger charge is 2.48. The molecule has 2 atom stereocenters. The van der Waals surface area contributed by atoms with E-state index >= 15 is 0 Å². The highest BCUT2D eigenvalue weighted by atomic mass is 19.1. The van der Waals surface area contributed by atoms with Crippen molar-refractivity contribution in [1.29, 1.82) is 0 Å². The van der Waals surface area contributed by atoms with Crippen molar-refractivity contribution in [3.63, 3.8) is 0 Å². The lowest BCUT2D eigenvalue weighted by atomic mass is 9.81. The van der Waals surface area contributed by atoms with Crippen LogP contribution in [0, 0.1) is 17.7 Å². The molecule has 0 aromatic heterocycles. The molecule has 0 spiro atoms. The van der Waals surface area contributed by atoms with E-state index in [4.69, 9.17) is 0 Å². The number of amides is 3. The van der Waals surface area contributed by atoms with E-state index in [0.717, 1.165) is 25.7 Å². The third kappa shape index (κ3) is 3.68. The van der Waals surface area contributed by atoms with Crippen molar-refractivity contribution in [3.8, 4) is 0 Å². The number of benzene rings is 1. The van der Waals surface area contributed by atoms with Gasteiger partial charge in [-0.25, -0.2) is 4.39 Å². The van der Waals surface area contributed by atoms with Gasteiger partial charge in [0, 0.05) is 38.3 Å². The molecule has 2 aliphatic heterocycles. The predicted molar refractivity (Wildman–Crippen MR) is 100 cm³/mol. The van der Waals surface area contributed by atoms with Gasteiger partial charge in [-0.15, -0.1) is 0 Å². The number of carbonyl (C=O) groups excluding carboxylic acids is 3. The SMILES string of the molecule is O=C(CN1C(=O)C2CCCCC2C1=O)N1CCN(Cc2ccccc2F)CC1. The Labute approximate surface area is 164 Å². The Kier molecular flexibility index (Phi) is 5.44. The van der Waals surface area contributed by atoms with Gasteiger partial charge >= 0.3 is 0 Å². The summed E-state index contributed by atoms with van der Waals surface area (Å²) in [6.07, 6.45) is 3.47. The van der Waals surface area contributed by atoms with Crippen molar-refractivity contribution in [2.24, 2.45) is 11.8 Å². The molecule has 150 valence electrons. The second kappa shape index (κ2) is 7.99. The van der Waals surface area contributed by atoms with Crippen LogP contribution in [0.4, 0.5) is 4.39 Å². The predicted octanol–water partition coefficient (Wildman–Crippen LogP) is 1.65. The first-order valence-corrected chi connectivity index (χ1v) is 10.1. The fourth-order valence-corrected chi connectivity index (χ4v) is 4.64. The van der Waals surface area contributed by atoms with Crippen LogP contribution in [0.2, 0.25) is 0 Å². The van der Waals surface area contributed by atoms with E-state index < -0.39 is 0 Å². The van der Waals surface area contributed by atoms with Crippen molar-refractivity contribution >= 4 is 17.7 Å². The molecule has 1 saturated carbocycles. The summed E-state index contributed by atoms with van der Waals surface area (Å²) in [6, 6.07) is 6.72. The molecule has 3 amide bonds. The zero-order chi connectivity index (χ0) is 19.7. The molecule has 0 bridgehead atoms. The maximum absolute atomic E-state index is 13.8. The number of imide groups is 1. The molecule has 1 aromatic carbocycles. The normalized spacial score (nSPS) is 25.9. The molecule has 2 heterocycles. The lowest BCUT2D eigenvalue weighted by molar-refractivity contribution is -0.147. The van der Waals surface area contributed by atoms with Gasteiger partial charge in [-0.05, 0) is 18.9 Å². The molecule has 1 aliphatic carbocycles. The third-order valence-electron chi connectivity index (χ3n) is 6.30. The smallest absolute Gasteiger partial charge is 0.242 e. The van der Waals surface area contributed by atoms with E-state index in [1.54, 1.807) is 17.0 Å². The molecule has 4 rings (SSSR count). The van der Waals surface area contributed by atoms with Crippen LogP contribution in [0.1, 0.15) is 31.2 Å². The summed E-state index contributed by atoms with van der Waals surface area (Å²) >= 11 is 0. The van der Waals surface area contributed by atoms with E-state index in [9.17, 15) is 18.8 Å². The molecule has 1 aromatic rings. The maximum Gasteiger partial charge on any atom is 0.242 e. The third-order valence-corrected chi connectivity index (χ3v) is 6.30. The van der Waals surface area contributed by atoms with Crippen LogP contribution in [0.25, 0.3) is 0 Å². The topological polar surface area (TPSA) is 60.9 Å². The van der Waals surface area contributed by atoms with E-state index in [-0.39, 0.29) is 41.9 Å². The average molecular weight is 387 g/mol. The largest absolute Gasteiger partial charge is 0.339 e. The van der Waals surface area contributed by atoms with Gasteiger partial charge in [0.2, 0.25) is 17.7 Å².